The second-order valence-corrected chi connectivity index (χ2v) is 4.20. The quantitative estimate of drug-likeness (QED) is 0.603. The highest BCUT2D eigenvalue weighted by atomic mass is 16.5. The predicted octanol–water partition coefficient (Wildman–Crippen LogP) is 1.91. The number of nitrogens with one attached hydrogen (secondary N) is 1. The average Bonchev–Trinajstić information content (AvgIpc) is 2.91. The monoisotopic (exact) mass is 246 g/mol. The Morgan fingerprint density at radius 3 is 2.83 bits per heavy atom. The van der Waals surface area contributed by atoms with Gasteiger partial charge < -0.3 is 9.15 Å². The van der Waals surface area contributed by atoms with Crippen LogP contribution in [0.4, 0.5) is 0 Å². The number of ether oxygens (including phenoxy) is 1. The van der Waals surface area contributed by atoms with Crippen LogP contribution >= 0.6 is 0 Å². The smallest absolute Gasteiger partial charge is 0.119 e. The van der Waals surface area contributed by atoms with Crippen LogP contribution in [0, 0.1) is 0 Å². The number of hydrogen-bond donors (Lipinski definition) is 2. The van der Waals surface area contributed by atoms with Crippen molar-refractivity contribution in [1.82, 2.24) is 5.43 Å². The normalized spacial score (nSPS) is 12.3. The van der Waals surface area contributed by atoms with Crippen molar-refractivity contribution in [1.29, 1.82) is 0 Å². The largest absolute Gasteiger partial charge is 0.497 e. The molecule has 1 unspecified atom stereocenters. The lowest BCUT2D eigenvalue weighted by Crippen LogP contribution is -2.38. The van der Waals surface area contributed by atoms with Crippen LogP contribution in [-0.4, -0.2) is 13.2 Å². The van der Waals surface area contributed by atoms with Crippen molar-refractivity contribution < 1.29 is 9.15 Å². The van der Waals surface area contributed by atoms with Gasteiger partial charge in [0.15, 0.2) is 0 Å². The molecular formula is C14H18N2O2. The van der Waals surface area contributed by atoms with Crippen molar-refractivity contribution in [3.05, 3.63) is 54.0 Å². The van der Waals surface area contributed by atoms with Gasteiger partial charge in [-0.05, 0) is 36.2 Å². The fourth-order valence-corrected chi connectivity index (χ4v) is 1.95. The van der Waals surface area contributed by atoms with Crippen molar-refractivity contribution in [2.24, 2.45) is 5.84 Å². The third-order valence-corrected chi connectivity index (χ3v) is 2.88. The molecule has 18 heavy (non-hydrogen) atoms. The number of nitrogens with two attached hydrogens (primary N) is 1. The molecule has 4 nitrogen and oxygen atoms in total. The summed E-state index contributed by atoms with van der Waals surface area (Å²) in [6.07, 6.45) is 3.27. The molecule has 4 heteroatoms. The molecule has 0 bridgehead atoms. The topological polar surface area (TPSA) is 60.4 Å². The van der Waals surface area contributed by atoms with Gasteiger partial charge in [0, 0.05) is 12.5 Å². The summed E-state index contributed by atoms with van der Waals surface area (Å²) in [5.74, 6) is 7.38. The molecular weight excluding hydrogens is 228 g/mol. The first-order chi connectivity index (χ1) is 8.81. The van der Waals surface area contributed by atoms with Crippen LogP contribution in [0.3, 0.4) is 0 Å². The SMILES string of the molecule is COc1cccc(CC(Cc2ccco2)NN)c1. The Morgan fingerprint density at radius 1 is 1.28 bits per heavy atom. The molecule has 0 saturated carbocycles. The van der Waals surface area contributed by atoms with Crippen LogP contribution in [0.15, 0.2) is 47.1 Å². The summed E-state index contributed by atoms with van der Waals surface area (Å²) in [5, 5.41) is 0. The summed E-state index contributed by atoms with van der Waals surface area (Å²) >= 11 is 0. The van der Waals surface area contributed by atoms with Gasteiger partial charge in [-0.15, -0.1) is 0 Å². The van der Waals surface area contributed by atoms with E-state index >= 15 is 0 Å². The number of furan rings is 1. The van der Waals surface area contributed by atoms with Crippen LogP contribution < -0.4 is 16.0 Å². The molecule has 0 aliphatic heterocycles. The van der Waals surface area contributed by atoms with E-state index in [0.29, 0.717) is 0 Å². The van der Waals surface area contributed by atoms with Crippen molar-refractivity contribution in [3.8, 4) is 5.75 Å². The average molecular weight is 246 g/mol. The van der Waals surface area contributed by atoms with E-state index in [9.17, 15) is 0 Å². The van der Waals surface area contributed by atoms with Gasteiger partial charge in [0.2, 0.25) is 0 Å². The highest BCUT2D eigenvalue weighted by Gasteiger charge is 2.11. The van der Waals surface area contributed by atoms with Gasteiger partial charge in [0.1, 0.15) is 11.5 Å². The third-order valence-electron chi connectivity index (χ3n) is 2.88. The van der Waals surface area contributed by atoms with Crippen LogP contribution in [0.1, 0.15) is 11.3 Å². The number of rotatable bonds is 6. The highest BCUT2D eigenvalue weighted by Crippen LogP contribution is 2.15. The Morgan fingerprint density at radius 2 is 2.17 bits per heavy atom. The van der Waals surface area contributed by atoms with Gasteiger partial charge in [-0.1, -0.05) is 12.1 Å². The van der Waals surface area contributed by atoms with Crippen molar-refractivity contribution in [2.75, 3.05) is 7.11 Å². The predicted molar refractivity (Wildman–Crippen MR) is 70.2 cm³/mol. The first kappa shape index (κ1) is 12.7. The van der Waals surface area contributed by atoms with Crippen molar-refractivity contribution >= 4 is 0 Å². The lowest BCUT2D eigenvalue weighted by molar-refractivity contribution is 0.413. The molecule has 0 amide bonds. The maximum atomic E-state index is 5.58. The molecule has 1 aromatic heterocycles. The van der Waals surface area contributed by atoms with E-state index in [0.717, 1.165) is 24.4 Å². The zero-order valence-electron chi connectivity index (χ0n) is 10.4. The van der Waals surface area contributed by atoms with Crippen molar-refractivity contribution in [2.45, 2.75) is 18.9 Å². The van der Waals surface area contributed by atoms with Gasteiger partial charge in [-0.3, -0.25) is 11.3 Å². The standard InChI is InChI=1S/C14H18N2O2/c1-17-13-5-2-4-11(9-13)8-12(16-15)10-14-6-3-7-18-14/h2-7,9,12,16H,8,10,15H2,1H3. The molecule has 0 saturated heterocycles. The van der Waals surface area contributed by atoms with E-state index in [2.05, 4.69) is 11.5 Å². The second-order valence-electron chi connectivity index (χ2n) is 4.20. The molecule has 96 valence electrons. The van der Waals surface area contributed by atoms with E-state index in [1.54, 1.807) is 13.4 Å². The lowest BCUT2D eigenvalue weighted by Gasteiger charge is -2.15. The Labute approximate surface area is 107 Å². The Balaban J connectivity index is 2.00. The number of methoxy groups -OCH3 is 1. The van der Waals surface area contributed by atoms with E-state index in [1.165, 1.54) is 5.56 Å². The molecule has 0 aliphatic carbocycles. The summed E-state index contributed by atoms with van der Waals surface area (Å²) in [7, 11) is 1.67. The van der Waals surface area contributed by atoms with Crippen LogP contribution in [0.5, 0.6) is 5.75 Å². The fraction of sp³-hybridized carbons (Fsp3) is 0.286. The van der Waals surface area contributed by atoms with E-state index < -0.39 is 0 Å². The molecule has 0 radical (unpaired) electrons. The van der Waals surface area contributed by atoms with Crippen LogP contribution in [0.25, 0.3) is 0 Å². The molecule has 0 aliphatic rings. The Bertz CT molecular complexity index is 468. The molecule has 1 atom stereocenters. The van der Waals surface area contributed by atoms with Crippen molar-refractivity contribution in [3.63, 3.8) is 0 Å². The zero-order chi connectivity index (χ0) is 12.8. The van der Waals surface area contributed by atoms with Gasteiger partial charge in [0.05, 0.1) is 13.4 Å². The minimum Gasteiger partial charge on any atom is -0.497 e. The summed E-state index contributed by atoms with van der Waals surface area (Å²) < 4.78 is 10.5. The van der Waals surface area contributed by atoms with Crippen LogP contribution in [0.2, 0.25) is 0 Å². The third kappa shape index (κ3) is 3.35. The molecule has 3 N–H and O–H groups in total. The van der Waals surface area contributed by atoms with Crippen LogP contribution in [-0.2, 0) is 12.8 Å². The van der Waals surface area contributed by atoms with Gasteiger partial charge in [-0.2, -0.15) is 0 Å². The minimum absolute atomic E-state index is 0.142. The molecule has 2 rings (SSSR count). The Kier molecular flexibility index (Phi) is 4.39. The first-order valence-corrected chi connectivity index (χ1v) is 5.93. The second kappa shape index (κ2) is 6.23. The molecule has 1 aromatic carbocycles. The van der Waals surface area contributed by atoms with E-state index in [1.807, 2.05) is 30.3 Å². The summed E-state index contributed by atoms with van der Waals surface area (Å²) in [6, 6.07) is 12.0. The minimum atomic E-state index is 0.142. The molecule has 0 fully saturated rings. The van der Waals surface area contributed by atoms with E-state index in [-0.39, 0.29) is 6.04 Å². The lowest BCUT2D eigenvalue weighted by atomic mass is 10.0. The fourth-order valence-electron chi connectivity index (χ4n) is 1.95. The van der Waals surface area contributed by atoms with Gasteiger partial charge in [0.25, 0.3) is 0 Å². The maximum absolute atomic E-state index is 5.58. The number of hydrogen-bond acceptors (Lipinski definition) is 4. The zero-order valence-corrected chi connectivity index (χ0v) is 10.4. The number of benzene rings is 1. The summed E-state index contributed by atoms with van der Waals surface area (Å²) in [5.41, 5.74) is 4.01. The number of hydrazine groups is 1. The van der Waals surface area contributed by atoms with Gasteiger partial charge in [-0.25, -0.2) is 0 Å². The summed E-state index contributed by atoms with van der Waals surface area (Å²) in [4.78, 5) is 0. The maximum Gasteiger partial charge on any atom is 0.119 e. The Hall–Kier alpha value is -1.78. The molecule has 2 aromatic rings. The first-order valence-electron chi connectivity index (χ1n) is 5.93. The van der Waals surface area contributed by atoms with Gasteiger partial charge >= 0.3 is 0 Å². The highest BCUT2D eigenvalue weighted by molar-refractivity contribution is 5.29. The summed E-state index contributed by atoms with van der Waals surface area (Å²) in [6.45, 7) is 0. The molecule has 0 spiro atoms. The van der Waals surface area contributed by atoms with E-state index in [4.69, 9.17) is 15.0 Å². The molecule has 1 heterocycles.